The molecule has 0 radical (unpaired) electrons. The van der Waals surface area contributed by atoms with E-state index in [0.717, 1.165) is 0 Å². The summed E-state index contributed by atoms with van der Waals surface area (Å²) in [4.78, 5) is 29.5. The predicted molar refractivity (Wildman–Crippen MR) is 140 cm³/mol. The van der Waals surface area contributed by atoms with Crippen molar-refractivity contribution in [2.75, 3.05) is 39.3 Å². The Labute approximate surface area is 223 Å². The van der Waals surface area contributed by atoms with Crippen LogP contribution in [0.1, 0.15) is 36.7 Å². The summed E-state index contributed by atoms with van der Waals surface area (Å²) in [6.45, 7) is 7.89. The Morgan fingerprint density at radius 1 is 1.03 bits per heavy atom. The highest BCUT2D eigenvalue weighted by Crippen LogP contribution is 2.33. The van der Waals surface area contributed by atoms with Crippen LogP contribution in [-0.4, -0.2) is 84.1 Å². The van der Waals surface area contributed by atoms with Crippen LogP contribution in [0.25, 0.3) is 0 Å². The third-order valence-corrected chi connectivity index (χ3v) is 6.62. The van der Waals surface area contributed by atoms with E-state index in [1.165, 1.54) is 0 Å². The van der Waals surface area contributed by atoms with Gasteiger partial charge in [-0.3, -0.25) is 4.90 Å². The number of aliphatic hydroxyl groups excluding tert-OH is 1. The van der Waals surface area contributed by atoms with E-state index in [1.807, 2.05) is 26.8 Å². The smallest absolute Gasteiger partial charge is 0.410 e. The number of ether oxygens (including phenoxy) is 3. The lowest BCUT2D eigenvalue weighted by atomic mass is 9.81. The Bertz CT molecular complexity index is 1130. The van der Waals surface area contributed by atoms with Crippen molar-refractivity contribution >= 4 is 12.1 Å². The van der Waals surface area contributed by atoms with Crippen LogP contribution in [0.4, 0.5) is 4.79 Å². The highest BCUT2D eigenvalue weighted by atomic mass is 16.6. The molecule has 3 unspecified atom stereocenters. The van der Waals surface area contributed by atoms with Crippen LogP contribution in [0.3, 0.4) is 0 Å². The number of benzene rings is 2. The number of aliphatic hydroxyl groups is 1. The van der Waals surface area contributed by atoms with Crippen molar-refractivity contribution < 1.29 is 28.9 Å². The molecule has 4 rings (SSSR count). The molecule has 2 aromatic carbocycles. The summed E-state index contributed by atoms with van der Waals surface area (Å²) >= 11 is 0. The number of piperidine rings is 2. The molecule has 9 heteroatoms. The summed E-state index contributed by atoms with van der Waals surface area (Å²) in [5.74, 6) is -0.0521. The monoisotopic (exact) mass is 521 g/mol. The summed E-state index contributed by atoms with van der Waals surface area (Å²) in [6, 6.07) is 17.7. The van der Waals surface area contributed by atoms with Crippen molar-refractivity contribution in [2.24, 2.45) is 11.8 Å². The molecule has 0 spiro atoms. The number of rotatable bonds is 7. The molecule has 3 atom stereocenters. The van der Waals surface area contributed by atoms with Gasteiger partial charge in [0.05, 0.1) is 17.2 Å². The molecule has 0 aliphatic carbocycles. The van der Waals surface area contributed by atoms with E-state index in [1.54, 1.807) is 53.4 Å². The number of β-amino-alcohol motifs (C(OH)–C–C–N with tert-alkyl or cyclic N) is 1. The molecule has 2 aliphatic rings. The van der Waals surface area contributed by atoms with Gasteiger partial charge >= 0.3 is 12.1 Å². The minimum Gasteiger partial charge on any atom is -0.491 e. The van der Waals surface area contributed by atoms with Gasteiger partial charge < -0.3 is 24.2 Å². The topological polar surface area (TPSA) is 112 Å². The number of nitrogens with zero attached hydrogens (tertiary/aromatic N) is 3. The number of likely N-dealkylation sites (tertiary alicyclic amines) is 2. The molecule has 0 saturated carbocycles. The van der Waals surface area contributed by atoms with Gasteiger partial charge in [-0.15, -0.1) is 0 Å². The van der Waals surface area contributed by atoms with Gasteiger partial charge in [-0.1, -0.05) is 18.2 Å². The van der Waals surface area contributed by atoms with E-state index in [0.29, 0.717) is 49.6 Å². The maximum Gasteiger partial charge on any atom is 0.410 e. The van der Waals surface area contributed by atoms with Crippen molar-refractivity contribution in [3.63, 3.8) is 0 Å². The van der Waals surface area contributed by atoms with Crippen molar-refractivity contribution in [3.8, 4) is 11.8 Å². The number of hydrogen-bond acceptors (Lipinski definition) is 8. The Kier molecular flexibility index (Phi) is 8.55. The second-order valence-electron chi connectivity index (χ2n) is 11.0. The lowest BCUT2D eigenvalue weighted by Gasteiger charge is -2.50. The van der Waals surface area contributed by atoms with Gasteiger partial charge in [0.2, 0.25) is 0 Å². The fourth-order valence-electron chi connectivity index (χ4n) is 5.05. The second kappa shape index (κ2) is 11.8. The zero-order chi connectivity index (χ0) is 27.3. The van der Waals surface area contributed by atoms with Crippen LogP contribution < -0.4 is 4.74 Å². The first kappa shape index (κ1) is 27.4. The molecule has 2 bridgehead atoms. The minimum absolute atomic E-state index is 0.105. The Hall–Kier alpha value is -3.61. The molecule has 1 N–H and O–H groups in total. The molecule has 2 aliphatic heterocycles. The average Bonchev–Trinajstić information content (AvgIpc) is 2.87. The minimum atomic E-state index is -0.739. The van der Waals surface area contributed by atoms with Gasteiger partial charge in [0.15, 0.2) is 0 Å². The Morgan fingerprint density at radius 2 is 1.66 bits per heavy atom. The number of nitriles is 1. The number of esters is 1. The van der Waals surface area contributed by atoms with Crippen LogP contribution in [0.15, 0.2) is 54.6 Å². The number of hydrogen-bond donors (Lipinski definition) is 1. The maximum absolute atomic E-state index is 12.9. The number of carbonyl (C=O) groups is 2. The van der Waals surface area contributed by atoms with Crippen molar-refractivity contribution in [3.05, 3.63) is 65.7 Å². The molecule has 38 heavy (non-hydrogen) atoms. The van der Waals surface area contributed by atoms with E-state index in [9.17, 15) is 14.7 Å². The Balaban J connectivity index is 1.39. The fourth-order valence-corrected chi connectivity index (χ4v) is 5.05. The first-order chi connectivity index (χ1) is 18.1. The molecule has 2 saturated heterocycles. The second-order valence-corrected chi connectivity index (χ2v) is 11.0. The van der Waals surface area contributed by atoms with Gasteiger partial charge in [-0.25, -0.2) is 9.59 Å². The van der Waals surface area contributed by atoms with Gasteiger partial charge in [0.25, 0.3) is 0 Å². The molecule has 1 amide bonds. The molecule has 0 aromatic heterocycles. The molecule has 9 nitrogen and oxygen atoms in total. The predicted octanol–water partition coefficient (Wildman–Crippen LogP) is 3.32. The van der Waals surface area contributed by atoms with Crippen LogP contribution in [0.2, 0.25) is 0 Å². The Morgan fingerprint density at radius 3 is 2.24 bits per heavy atom. The molecule has 2 heterocycles. The fraction of sp³-hybridized carbons (Fsp3) is 0.483. The molecule has 2 aromatic rings. The third kappa shape index (κ3) is 7.24. The van der Waals surface area contributed by atoms with Crippen LogP contribution in [-0.2, 0) is 9.47 Å². The first-order valence-electron chi connectivity index (χ1n) is 12.9. The highest BCUT2D eigenvalue weighted by molar-refractivity contribution is 5.89. The zero-order valence-corrected chi connectivity index (χ0v) is 22.1. The molecular weight excluding hydrogens is 486 g/mol. The summed E-state index contributed by atoms with van der Waals surface area (Å²) in [6.07, 6.45) is -1.45. The summed E-state index contributed by atoms with van der Waals surface area (Å²) < 4.78 is 17.3. The van der Waals surface area contributed by atoms with Crippen LogP contribution >= 0.6 is 0 Å². The van der Waals surface area contributed by atoms with Gasteiger partial charge in [0, 0.05) is 44.6 Å². The first-order valence-corrected chi connectivity index (χ1v) is 12.9. The number of amides is 1. The van der Waals surface area contributed by atoms with Crippen molar-refractivity contribution in [1.82, 2.24) is 9.80 Å². The lowest BCUT2D eigenvalue weighted by Crippen LogP contribution is -2.63. The number of carbonyl (C=O) groups excluding carboxylic acids is 2. The quantitative estimate of drug-likeness (QED) is 0.553. The van der Waals surface area contributed by atoms with Gasteiger partial charge in [0.1, 0.15) is 30.2 Å². The lowest BCUT2D eigenvalue weighted by molar-refractivity contribution is -0.0952. The van der Waals surface area contributed by atoms with E-state index in [-0.39, 0.29) is 36.6 Å². The van der Waals surface area contributed by atoms with Gasteiger partial charge in [-0.2, -0.15) is 5.26 Å². The normalized spacial score (nSPS) is 22.2. The highest BCUT2D eigenvalue weighted by Gasteiger charge is 2.46. The van der Waals surface area contributed by atoms with Crippen molar-refractivity contribution in [1.29, 1.82) is 5.26 Å². The third-order valence-electron chi connectivity index (χ3n) is 6.62. The number of fused-ring (bicyclic) bond motifs is 2. The van der Waals surface area contributed by atoms with E-state index >= 15 is 0 Å². The van der Waals surface area contributed by atoms with E-state index in [2.05, 4.69) is 11.0 Å². The van der Waals surface area contributed by atoms with E-state index < -0.39 is 11.7 Å². The SMILES string of the molecule is CC(C)(C)OC(=O)N1CC2CN(CC(O)COc3ccc(C#N)cc3)CC(C1)C2OC(=O)c1ccccc1. The largest absolute Gasteiger partial charge is 0.491 e. The maximum atomic E-state index is 12.9. The van der Waals surface area contributed by atoms with Crippen LogP contribution in [0.5, 0.6) is 5.75 Å². The average molecular weight is 522 g/mol. The van der Waals surface area contributed by atoms with Gasteiger partial charge in [-0.05, 0) is 57.2 Å². The van der Waals surface area contributed by atoms with Crippen LogP contribution in [0, 0.1) is 23.2 Å². The molecule has 2 fully saturated rings. The summed E-state index contributed by atoms with van der Waals surface area (Å²) in [5, 5.41) is 19.6. The molecular formula is C29H35N3O6. The standard InChI is InChI=1S/C29H35N3O6/c1-29(2,3)38-28(35)32-16-22-14-31(18-24(33)19-36-25-11-9-20(13-30)10-12-25)15-23(17-32)26(22)37-27(34)21-7-5-4-6-8-21/h4-12,22-24,26,33H,14-19H2,1-3H3. The van der Waals surface area contributed by atoms with Crippen molar-refractivity contribution in [2.45, 2.75) is 38.6 Å². The summed E-state index contributed by atoms with van der Waals surface area (Å²) in [5.41, 5.74) is 0.432. The summed E-state index contributed by atoms with van der Waals surface area (Å²) in [7, 11) is 0. The molecule has 202 valence electrons. The zero-order valence-electron chi connectivity index (χ0n) is 22.1. The van der Waals surface area contributed by atoms with E-state index in [4.69, 9.17) is 19.5 Å².